The number of urea groups is 1. The topological polar surface area (TPSA) is 105 Å². The summed E-state index contributed by atoms with van der Waals surface area (Å²) in [7, 11) is 0. The van der Waals surface area contributed by atoms with Crippen LogP contribution in [-0.4, -0.2) is 18.0 Å². The van der Waals surface area contributed by atoms with Crippen LogP contribution in [0.2, 0.25) is 0 Å². The number of rotatable bonds is 4. The van der Waals surface area contributed by atoms with Crippen molar-refractivity contribution in [1.82, 2.24) is 5.32 Å². The molecule has 0 heterocycles. The zero-order chi connectivity index (χ0) is 13.5. The molecule has 3 amide bonds. The van der Waals surface area contributed by atoms with Crippen LogP contribution in [0.15, 0.2) is 24.3 Å². The molecule has 1 rings (SSSR count). The molecule has 1 unspecified atom stereocenters. The smallest absolute Gasteiger partial charge is 0.318 e. The van der Waals surface area contributed by atoms with Crippen molar-refractivity contribution in [2.45, 2.75) is 19.4 Å². The summed E-state index contributed by atoms with van der Waals surface area (Å²) in [4.78, 5) is 21.8. The van der Waals surface area contributed by atoms with Gasteiger partial charge in [0.05, 0.1) is 12.5 Å². The maximum absolute atomic E-state index is 11.3. The van der Waals surface area contributed by atoms with Crippen molar-refractivity contribution in [3.8, 4) is 11.8 Å². The zero-order valence-corrected chi connectivity index (χ0v) is 9.84. The quantitative estimate of drug-likeness (QED) is 0.817. The average Bonchev–Trinajstić information content (AvgIpc) is 2.31. The Hall–Kier alpha value is -2.55. The third kappa shape index (κ3) is 4.14. The standard InChI is InChI=1S/C12H13N3O3/c1-8(11(16)15-12(14)17)18-10-4-2-9(3-5-10)6-7-13/h2-5,8H,6H2,1H3,(H3,14,15,16,17). The number of hydrogen-bond acceptors (Lipinski definition) is 4. The molecule has 0 aromatic heterocycles. The van der Waals surface area contributed by atoms with Crippen LogP contribution in [0.4, 0.5) is 4.79 Å². The molecule has 0 aliphatic rings. The molecule has 0 bridgehead atoms. The molecule has 0 radical (unpaired) electrons. The van der Waals surface area contributed by atoms with Crippen LogP contribution in [0.5, 0.6) is 5.75 Å². The minimum Gasteiger partial charge on any atom is -0.481 e. The number of ether oxygens (including phenoxy) is 1. The molecule has 1 atom stereocenters. The van der Waals surface area contributed by atoms with Crippen LogP contribution in [0.3, 0.4) is 0 Å². The first kappa shape index (κ1) is 13.5. The van der Waals surface area contributed by atoms with Gasteiger partial charge in [0.15, 0.2) is 6.10 Å². The van der Waals surface area contributed by atoms with Crippen LogP contribution in [0, 0.1) is 11.3 Å². The van der Waals surface area contributed by atoms with Gasteiger partial charge in [0.1, 0.15) is 5.75 Å². The summed E-state index contributed by atoms with van der Waals surface area (Å²) in [5.41, 5.74) is 5.68. The highest BCUT2D eigenvalue weighted by Crippen LogP contribution is 2.14. The van der Waals surface area contributed by atoms with Gasteiger partial charge in [-0.15, -0.1) is 0 Å². The predicted molar refractivity (Wildman–Crippen MR) is 63.6 cm³/mol. The molecular formula is C12H13N3O3. The number of nitrogens with one attached hydrogen (secondary N) is 1. The third-order valence-electron chi connectivity index (χ3n) is 2.14. The maximum atomic E-state index is 11.3. The molecule has 18 heavy (non-hydrogen) atoms. The van der Waals surface area contributed by atoms with E-state index in [1.165, 1.54) is 6.92 Å². The Kier molecular flexibility index (Phi) is 4.69. The van der Waals surface area contributed by atoms with Crippen molar-refractivity contribution < 1.29 is 14.3 Å². The minimum atomic E-state index is -0.917. The lowest BCUT2D eigenvalue weighted by atomic mass is 10.2. The monoisotopic (exact) mass is 247 g/mol. The highest BCUT2D eigenvalue weighted by molar-refractivity contribution is 5.95. The van der Waals surface area contributed by atoms with E-state index in [2.05, 4.69) is 0 Å². The lowest BCUT2D eigenvalue weighted by Gasteiger charge is -2.13. The Bertz CT molecular complexity index is 476. The molecule has 1 aromatic carbocycles. The zero-order valence-electron chi connectivity index (χ0n) is 9.84. The van der Waals surface area contributed by atoms with E-state index >= 15 is 0 Å². The van der Waals surface area contributed by atoms with Crippen LogP contribution >= 0.6 is 0 Å². The van der Waals surface area contributed by atoms with E-state index in [9.17, 15) is 9.59 Å². The van der Waals surface area contributed by atoms with Crippen LogP contribution in [0.1, 0.15) is 12.5 Å². The average molecular weight is 247 g/mol. The molecule has 0 aliphatic carbocycles. The maximum Gasteiger partial charge on any atom is 0.318 e. The highest BCUT2D eigenvalue weighted by atomic mass is 16.5. The van der Waals surface area contributed by atoms with E-state index in [0.717, 1.165) is 5.56 Å². The second kappa shape index (κ2) is 6.25. The van der Waals surface area contributed by atoms with Gasteiger partial charge in [0, 0.05) is 0 Å². The molecule has 1 aromatic rings. The van der Waals surface area contributed by atoms with Gasteiger partial charge in [-0.25, -0.2) is 4.79 Å². The van der Waals surface area contributed by atoms with Crippen molar-refractivity contribution >= 4 is 11.9 Å². The normalized spacial score (nSPS) is 11.1. The van der Waals surface area contributed by atoms with Gasteiger partial charge in [-0.1, -0.05) is 12.1 Å². The number of nitriles is 1. The largest absolute Gasteiger partial charge is 0.481 e. The number of nitrogens with two attached hydrogens (primary N) is 1. The van der Waals surface area contributed by atoms with Gasteiger partial charge in [0.2, 0.25) is 0 Å². The summed E-state index contributed by atoms with van der Waals surface area (Å²) < 4.78 is 5.31. The number of imide groups is 1. The van der Waals surface area contributed by atoms with Crippen molar-refractivity contribution in [3.63, 3.8) is 0 Å². The predicted octanol–water partition coefficient (Wildman–Crippen LogP) is 0.715. The Morgan fingerprint density at radius 2 is 2.06 bits per heavy atom. The summed E-state index contributed by atoms with van der Waals surface area (Å²) in [5, 5.41) is 10.4. The Labute approximate surface area is 104 Å². The van der Waals surface area contributed by atoms with Crippen LogP contribution < -0.4 is 15.8 Å². The summed E-state index contributed by atoms with van der Waals surface area (Å²) >= 11 is 0. The molecule has 94 valence electrons. The molecule has 0 aliphatic heterocycles. The fourth-order valence-corrected chi connectivity index (χ4v) is 1.26. The molecule has 0 fully saturated rings. The number of amides is 3. The van der Waals surface area contributed by atoms with Crippen LogP contribution in [0.25, 0.3) is 0 Å². The highest BCUT2D eigenvalue weighted by Gasteiger charge is 2.15. The van der Waals surface area contributed by atoms with Gasteiger partial charge in [-0.05, 0) is 24.6 Å². The van der Waals surface area contributed by atoms with Gasteiger partial charge >= 0.3 is 6.03 Å². The van der Waals surface area contributed by atoms with E-state index in [1.54, 1.807) is 24.3 Å². The lowest BCUT2D eigenvalue weighted by molar-refractivity contribution is -0.126. The molecule has 0 saturated carbocycles. The van der Waals surface area contributed by atoms with Crippen LogP contribution in [-0.2, 0) is 11.2 Å². The molecule has 0 spiro atoms. The van der Waals surface area contributed by atoms with Crippen molar-refractivity contribution in [3.05, 3.63) is 29.8 Å². The lowest BCUT2D eigenvalue weighted by Crippen LogP contribution is -2.42. The summed E-state index contributed by atoms with van der Waals surface area (Å²) in [6.45, 7) is 1.50. The summed E-state index contributed by atoms with van der Waals surface area (Å²) in [6, 6.07) is 7.88. The van der Waals surface area contributed by atoms with Crippen molar-refractivity contribution in [2.24, 2.45) is 5.73 Å². The third-order valence-corrected chi connectivity index (χ3v) is 2.14. The minimum absolute atomic E-state index is 0.317. The van der Waals surface area contributed by atoms with E-state index in [4.69, 9.17) is 15.7 Å². The Balaban J connectivity index is 2.59. The van der Waals surface area contributed by atoms with E-state index < -0.39 is 18.0 Å². The van der Waals surface area contributed by atoms with Crippen molar-refractivity contribution in [2.75, 3.05) is 0 Å². The number of carbonyl (C=O) groups is 2. The summed E-state index contributed by atoms with van der Waals surface area (Å²) in [6.07, 6.45) is -0.517. The van der Waals surface area contributed by atoms with E-state index in [1.807, 2.05) is 11.4 Å². The van der Waals surface area contributed by atoms with Crippen molar-refractivity contribution in [1.29, 1.82) is 5.26 Å². The number of nitrogens with zero attached hydrogens (tertiary/aromatic N) is 1. The first-order valence-corrected chi connectivity index (χ1v) is 5.25. The van der Waals surface area contributed by atoms with E-state index in [-0.39, 0.29) is 0 Å². The van der Waals surface area contributed by atoms with Gasteiger partial charge in [-0.2, -0.15) is 5.26 Å². The Morgan fingerprint density at radius 1 is 1.44 bits per heavy atom. The number of benzene rings is 1. The number of carbonyl (C=O) groups excluding carboxylic acids is 2. The molecule has 6 heteroatoms. The second-order valence-corrected chi connectivity index (χ2v) is 3.59. The molecule has 6 nitrogen and oxygen atoms in total. The molecule has 0 saturated heterocycles. The first-order chi connectivity index (χ1) is 8.52. The fourth-order valence-electron chi connectivity index (χ4n) is 1.26. The molecule has 3 N–H and O–H groups in total. The number of primary amides is 1. The van der Waals surface area contributed by atoms with Gasteiger partial charge < -0.3 is 10.5 Å². The Morgan fingerprint density at radius 3 is 2.56 bits per heavy atom. The SMILES string of the molecule is CC(Oc1ccc(CC#N)cc1)C(=O)NC(N)=O. The van der Waals surface area contributed by atoms with Gasteiger partial charge in [0.25, 0.3) is 5.91 Å². The fraction of sp³-hybridized carbons (Fsp3) is 0.250. The first-order valence-electron chi connectivity index (χ1n) is 5.25. The second-order valence-electron chi connectivity index (χ2n) is 3.59. The number of hydrogen-bond donors (Lipinski definition) is 2. The van der Waals surface area contributed by atoms with E-state index in [0.29, 0.717) is 12.2 Å². The summed E-state index contributed by atoms with van der Waals surface area (Å²) in [5.74, 6) is -0.132. The van der Waals surface area contributed by atoms with Gasteiger partial charge in [-0.3, -0.25) is 10.1 Å². The molecular weight excluding hydrogens is 234 g/mol.